The van der Waals surface area contributed by atoms with E-state index in [4.69, 9.17) is 4.74 Å². The molecule has 1 amide bonds. The Bertz CT molecular complexity index is 484. The van der Waals surface area contributed by atoms with Gasteiger partial charge in [0.1, 0.15) is 5.60 Å². The summed E-state index contributed by atoms with van der Waals surface area (Å²) in [5.41, 5.74) is -0.186. The fourth-order valence-corrected chi connectivity index (χ4v) is 1.55. The number of nitrogens with zero attached hydrogens (tertiary/aromatic N) is 1. The third-order valence-electron chi connectivity index (χ3n) is 1.89. The van der Waals surface area contributed by atoms with Gasteiger partial charge in [0, 0.05) is 22.8 Å². The van der Waals surface area contributed by atoms with Gasteiger partial charge in [-0.1, -0.05) is 12.2 Å². The van der Waals surface area contributed by atoms with E-state index in [9.17, 15) is 9.18 Å². The average Bonchev–Trinajstić information content (AvgIpc) is 2.26. The monoisotopic (exact) mass is 330 g/mol. The number of carbonyl (C=O) groups excluding carboxylic acids is 1. The minimum atomic E-state index is -0.559. The predicted molar refractivity (Wildman–Crippen MR) is 75.2 cm³/mol. The molecule has 1 aromatic rings. The van der Waals surface area contributed by atoms with Crippen molar-refractivity contribution in [1.82, 2.24) is 10.3 Å². The normalized spacial score (nSPS) is 11.6. The summed E-state index contributed by atoms with van der Waals surface area (Å²) in [5, 5.41) is 2.54. The Kier molecular flexibility index (Phi) is 5.47. The van der Waals surface area contributed by atoms with Gasteiger partial charge in [0.05, 0.1) is 0 Å². The molecule has 1 aromatic heterocycles. The molecule has 0 aliphatic carbocycles. The maximum atomic E-state index is 13.3. The van der Waals surface area contributed by atoms with Crippen LogP contribution in [0.3, 0.4) is 0 Å². The maximum Gasteiger partial charge on any atom is 0.407 e. The molecule has 0 saturated carbocycles. The largest absolute Gasteiger partial charge is 0.444 e. The molecule has 1 heterocycles. The Morgan fingerprint density at radius 1 is 1.58 bits per heavy atom. The molecule has 0 bridgehead atoms. The van der Waals surface area contributed by atoms with Crippen LogP contribution in [0.4, 0.5) is 9.18 Å². The van der Waals surface area contributed by atoms with Crippen LogP contribution < -0.4 is 5.32 Å². The number of hydrogen-bond donors (Lipinski definition) is 1. The predicted octanol–water partition coefficient (Wildman–Crippen LogP) is 3.52. The standard InChI is InChI=1S/C13H16BrFN2O2/c1-13(2,3)19-12(18)16-6-4-5-9-7-10(14)8-17-11(9)15/h4-5,7-8H,6H2,1-3H3,(H,16,18). The summed E-state index contributed by atoms with van der Waals surface area (Å²) in [7, 11) is 0. The third-order valence-corrected chi connectivity index (χ3v) is 2.33. The van der Waals surface area contributed by atoms with Gasteiger partial charge in [-0.25, -0.2) is 9.78 Å². The van der Waals surface area contributed by atoms with Gasteiger partial charge in [-0.05, 0) is 42.8 Å². The second-order valence-electron chi connectivity index (χ2n) is 4.82. The summed E-state index contributed by atoms with van der Waals surface area (Å²) in [5.74, 6) is -0.559. The van der Waals surface area contributed by atoms with Gasteiger partial charge in [0.2, 0.25) is 5.95 Å². The minimum Gasteiger partial charge on any atom is -0.444 e. The van der Waals surface area contributed by atoms with Gasteiger partial charge in [-0.15, -0.1) is 0 Å². The van der Waals surface area contributed by atoms with E-state index in [1.165, 1.54) is 6.20 Å². The number of amides is 1. The van der Waals surface area contributed by atoms with Crippen molar-refractivity contribution in [2.45, 2.75) is 26.4 Å². The van der Waals surface area contributed by atoms with E-state index in [0.29, 0.717) is 10.0 Å². The molecule has 0 spiro atoms. The molecule has 0 unspecified atom stereocenters. The zero-order valence-corrected chi connectivity index (χ0v) is 12.6. The summed E-state index contributed by atoms with van der Waals surface area (Å²) in [4.78, 5) is 14.9. The second-order valence-corrected chi connectivity index (χ2v) is 5.73. The van der Waals surface area contributed by atoms with Crippen LogP contribution in [0.25, 0.3) is 6.08 Å². The van der Waals surface area contributed by atoms with E-state index in [-0.39, 0.29) is 6.54 Å². The lowest BCUT2D eigenvalue weighted by atomic mass is 10.2. The smallest absolute Gasteiger partial charge is 0.407 e. The molecule has 104 valence electrons. The molecule has 6 heteroatoms. The van der Waals surface area contributed by atoms with Crippen molar-refractivity contribution < 1.29 is 13.9 Å². The quantitative estimate of drug-likeness (QED) is 0.862. The first kappa shape index (κ1) is 15.6. The Balaban J connectivity index is 2.47. The lowest BCUT2D eigenvalue weighted by Gasteiger charge is -2.19. The Morgan fingerprint density at radius 3 is 2.89 bits per heavy atom. The van der Waals surface area contributed by atoms with Gasteiger partial charge in [0.25, 0.3) is 0 Å². The molecule has 1 rings (SSSR count). The van der Waals surface area contributed by atoms with Crippen molar-refractivity contribution in [1.29, 1.82) is 0 Å². The molecule has 0 aromatic carbocycles. The molecule has 0 aliphatic rings. The minimum absolute atomic E-state index is 0.251. The topological polar surface area (TPSA) is 51.2 Å². The number of alkyl carbamates (subject to hydrolysis) is 1. The van der Waals surface area contributed by atoms with Gasteiger partial charge in [0.15, 0.2) is 0 Å². The average molecular weight is 331 g/mol. The van der Waals surface area contributed by atoms with E-state index >= 15 is 0 Å². The van der Waals surface area contributed by atoms with Crippen LogP contribution >= 0.6 is 15.9 Å². The lowest BCUT2D eigenvalue weighted by molar-refractivity contribution is 0.0534. The molecule has 19 heavy (non-hydrogen) atoms. The molecule has 0 radical (unpaired) electrons. The van der Waals surface area contributed by atoms with Crippen LogP contribution in [-0.4, -0.2) is 23.2 Å². The summed E-state index contributed by atoms with van der Waals surface area (Å²) in [6.07, 6.45) is 4.04. The summed E-state index contributed by atoms with van der Waals surface area (Å²) >= 11 is 3.21. The fraction of sp³-hybridized carbons (Fsp3) is 0.385. The Morgan fingerprint density at radius 2 is 2.26 bits per heavy atom. The fourth-order valence-electron chi connectivity index (χ4n) is 1.20. The first-order chi connectivity index (χ1) is 8.78. The SMILES string of the molecule is CC(C)(C)OC(=O)NCC=Cc1cc(Br)cnc1F. The number of carbonyl (C=O) groups is 1. The van der Waals surface area contributed by atoms with Crippen molar-refractivity contribution in [3.63, 3.8) is 0 Å². The number of hydrogen-bond acceptors (Lipinski definition) is 3. The van der Waals surface area contributed by atoms with Crippen LogP contribution in [0.5, 0.6) is 0 Å². The van der Waals surface area contributed by atoms with Crippen molar-refractivity contribution in [3.8, 4) is 0 Å². The number of ether oxygens (including phenoxy) is 1. The molecule has 0 saturated heterocycles. The first-order valence-corrected chi connectivity index (χ1v) is 6.51. The van der Waals surface area contributed by atoms with Gasteiger partial charge >= 0.3 is 6.09 Å². The molecule has 0 atom stereocenters. The number of rotatable bonds is 3. The van der Waals surface area contributed by atoms with Crippen molar-refractivity contribution >= 4 is 28.1 Å². The summed E-state index contributed by atoms with van der Waals surface area (Å²) < 4.78 is 19.0. The Hall–Kier alpha value is -1.43. The maximum absolute atomic E-state index is 13.3. The van der Waals surface area contributed by atoms with Gasteiger partial charge in [-0.2, -0.15) is 4.39 Å². The zero-order valence-electron chi connectivity index (χ0n) is 11.0. The number of aromatic nitrogens is 1. The molecule has 0 aliphatic heterocycles. The van der Waals surface area contributed by atoms with Gasteiger partial charge < -0.3 is 10.1 Å². The van der Waals surface area contributed by atoms with E-state index in [2.05, 4.69) is 26.2 Å². The summed E-state index contributed by atoms with van der Waals surface area (Å²) in [6, 6.07) is 1.60. The highest BCUT2D eigenvalue weighted by atomic mass is 79.9. The highest BCUT2D eigenvalue weighted by Gasteiger charge is 2.14. The van der Waals surface area contributed by atoms with Crippen LogP contribution in [0.2, 0.25) is 0 Å². The van der Waals surface area contributed by atoms with Crippen LogP contribution in [0, 0.1) is 5.95 Å². The molecular weight excluding hydrogens is 315 g/mol. The lowest BCUT2D eigenvalue weighted by Crippen LogP contribution is -2.32. The highest BCUT2D eigenvalue weighted by Crippen LogP contribution is 2.14. The van der Waals surface area contributed by atoms with Crippen LogP contribution in [-0.2, 0) is 4.74 Å². The van der Waals surface area contributed by atoms with Crippen molar-refractivity contribution in [3.05, 3.63) is 34.3 Å². The number of halogens is 2. The van der Waals surface area contributed by atoms with Crippen molar-refractivity contribution in [2.75, 3.05) is 6.54 Å². The molecule has 4 nitrogen and oxygen atoms in total. The van der Waals surface area contributed by atoms with Crippen LogP contribution in [0.1, 0.15) is 26.3 Å². The second kappa shape index (κ2) is 6.65. The molecule has 1 N–H and O–H groups in total. The summed E-state index contributed by atoms with van der Waals surface area (Å²) in [6.45, 7) is 5.60. The van der Waals surface area contributed by atoms with Crippen molar-refractivity contribution in [2.24, 2.45) is 0 Å². The number of nitrogens with one attached hydrogen (secondary N) is 1. The third kappa shape index (κ3) is 6.33. The zero-order chi connectivity index (χ0) is 14.5. The van der Waals surface area contributed by atoms with Crippen LogP contribution in [0.15, 0.2) is 22.8 Å². The van der Waals surface area contributed by atoms with Gasteiger partial charge in [-0.3, -0.25) is 0 Å². The number of pyridine rings is 1. The molecule has 0 fully saturated rings. The van der Waals surface area contributed by atoms with E-state index in [1.807, 2.05) is 0 Å². The van der Waals surface area contributed by atoms with E-state index in [1.54, 1.807) is 39.0 Å². The van der Waals surface area contributed by atoms with E-state index in [0.717, 1.165) is 0 Å². The Labute approximate surface area is 120 Å². The highest BCUT2D eigenvalue weighted by molar-refractivity contribution is 9.10. The molecular formula is C13H16BrFN2O2. The first-order valence-electron chi connectivity index (χ1n) is 5.72. The van der Waals surface area contributed by atoms with E-state index < -0.39 is 17.6 Å².